The highest BCUT2D eigenvalue weighted by Gasteiger charge is 2.38. The van der Waals surface area contributed by atoms with E-state index >= 15 is 0 Å². The van der Waals surface area contributed by atoms with Crippen molar-refractivity contribution in [1.82, 2.24) is 15.5 Å². The van der Waals surface area contributed by atoms with Crippen molar-refractivity contribution in [3.05, 3.63) is 0 Å². The van der Waals surface area contributed by atoms with Gasteiger partial charge in [-0.15, -0.1) is 0 Å². The van der Waals surface area contributed by atoms with E-state index in [9.17, 15) is 24.3 Å². The summed E-state index contributed by atoms with van der Waals surface area (Å²) >= 11 is 0. The number of carbonyl (C=O) groups is 4. The number of rotatable bonds is 10. The molecule has 0 aromatic rings. The summed E-state index contributed by atoms with van der Waals surface area (Å²) in [6.45, 7) is 9.60. The summed E-state index contributed by atoms with van der Waals surface area (Å²) < 4.78 is 0. The van der Waals surface area contributed by atoms with Crippen molar-refractivity contribution in [2.75, 3.05) is 6.54 Å². The zero-order valence-electron chi connectivity index (χ0n) is 18.1. The quantitative estimate of drug-likeness (QED) is 0.411. The van der Waals surface area contributed by atoms with E-state index in [1.807, 2.05) is 27.7 Å². The Balaban J connectivity index is 2.98. The Labute approximate surface area is 172 Å². The Morgan fingerprint density at radius 2 is 1.48 bits per heavy atom. The summed E-state index contributed by atoms with van der Waals surface area (Å²) in [5.74, 6) is -2.09. The highest BCUT2D eigenvalue weighted by molar-refractivity contribution is 5.94. The second-order valence-electron chi connectivity index (χ2n) is 8.70. The summed E-state index contributed by atoms with van der Waals surface area (Å²) in [5, 5.41) is 14.8. The maximum atomic E-state index is 13.0. The predicted octanol–water partition coefficient (Wildman–Crippen LogP) is 0.471. The molecular weight excluding hydrogens is 376 g/mol. The van der Waals surface area contributed by atoms with Gasteiger partial charge in [-0.1, -0.05) is 27.7 Å². The van der Waals surface area contributed by atoms with Crippen LogP contribution in [0.5, 0.6) is 0 Å². The molecule has 1 saturated heterocycles. The monoisotopic (exact) mass is 412 g/mol. The maximum absolute atomic E-state index is 13.0. The molecule has 4 unspecified atom stereocenters. The van der Waals surface area contributed by atoms with Crippen LogP contribution in [-0.4, -0.2) is 64.4 Å². The molecule has 1 aliphatic rings. The van der Waals surface area contributed by atoms with E-state index in [4.69, 9.17) is 5.73 Å². The molecule has 0 bridgehead atoms. The van der Waals surface area contributed by atoms with Gasteiger partial charge in [-0.05, 0) is 44.4 Å². The molecule has 9 heteroatoms. The van der Waals surface area contributed by atoms with Crippen molar-refractivity contribution in [3.8, 4) is 0 Å². The van der Waals surface area contributed by atoms with Crippen molar-refractivity contribution in [3.63, 3.8) is 0 Å². The van der Waals surface area contributed by atoms with Crippen LogP contribution in [0, 0.1) is 11.8 Å². The van der Waals surface area contributed by atoms with Gasteiger partial charge in [-0.25, -0.2) is 4.79 Å². The van der Waals surface area contributed by atoms with E-state index in [1.165, 1.54) is 11.8 Å². The van der Waals surface area contributed by atoms with Crippen molar-refractivity contribution in [2.45, 2.75) is 84.5 Å². The molecule has 1 aliphatic heterocycles. The van der Waals surface area contributed by atoms with Gasteiger partial charge in [-0.2, -0.15) is 0 Å². The topological polar surface area (TPSA) is 142 Å². The molecule has 0 spiro atoms. The van der Waals surface area contributed by atoms with E-state index in [-0.39, 0.29) is 11.8 Å². The fourth-order valence-corrected chi connectivity index (χ4v) is 3.46. The smallest absolute Gasteiger partial charge is 0.326 e. The number of hydrogen-bond acceptors (Lipinski definition) is 5. The molecule has 0 aromatic heterocycles. The van der Waals surface area contributed by atoms with Crippen molar-refractivity contribution in [1.29, 1.82) is 0 Å². The average Bonchev–Trinajstić information content (AvgIpc) is 3.08. The number of carbonyl (C=O) groups excluding carboxylic acids is 3. The summed E-state index contributed by atoms with van der Waals surface area (Å²) in [7, 11) is 0. The fraction of sp³-hybridized carbons (Fsp3) is 0.800. The number of likely N-dealkylation sites (tertiary alicyclic amines) is 1. The normalized spacial score (nSPS) is 19.7. The molecule has 1 fully saturated rings. The molecule has 3 amide bonds. The van der Waals surface area contributed by atoms with Crippen LogP contribution in [0.15, 0.2) is 0 Å². The molecule has 0 aliphatic carbocycles. The lowest BCUT2D eigenvalue weighted by Crippen LogP contribution is -2.57. The Morgan fingerprint density at radius 1 is 0.966 bits per heavy atom. The zero-order valence-corrected chi connectivity index (χ0v) is 18.1. The number of nitrogens with two attached hydrogens (primary N) is 1. The first-order valence-electron chi connectivity index (χ1n) is 10.3. The minimum Gasteiger partial charge on any atom is -0.480 e. The highest BCUT2D eigenvalue weighted by Crippen LogP contribution is 2.20. The lowest BCUT2D eigenvalue weighted by molar-refractivity contribution is -0.149. The van der Waals surface area contributed by atoms with Gasteiger partial charge in [-0.3, -0.25) is 14.4 Å². The molecule has 5 N–H and O–H groups in total. The van der Waals surface area contributed by atoms with Crippen molar-refractivity contribution in [2.24, 2.45) is 17.6 Å². The van der Waals surface area contributed by atoms with E-state index in [2.05, 4.69) is 10.6 Å². The van der Waals surface area contributed by atoms with Crippen LogP contribution in [0.1, 0.15) is 60.3 Å². The van der Waals surface area contributed by atoms with Crippen LogP contribution < -0.4 is 16.4 Å². The van der Waals surface area contributed by atoms with Gasteiger partial charge in [0.2, 0.25) is 17.7 Å². The number of nitrogens with one attached hydrogen (secondary N) is 2. The number of nitrogens with zero attached hydrogens (tertiary/aromatic N) is 1. The van der Waals surface area contributed by atoms with Gasteiger partial charge in [0.1, 0.15) is 18.1 Å². The van der Waals surface area contributed by atoms with Crippen molar-refractivity contribution < 1.29 is 24.3 Å². The van der Waals surface area contributed by atoms with E-state index < -0.39 is 47.9 Å². The molecule has 0 saturated carbocycles. The minimum absolute atomic E-state index is 0.109. The molecule has 29 heavy (non-hydrogen) atoms. The molecule has 1 heterocycles. The number of carboxylic acids is 1. The number of hydrogen-bond donors (Lipinski definition) is 4. The third-order valence-electron chi connectivity index (χ3n) is 4.90. The third kappa shape index (κ3) is 7.64. The zero-order chi connectivity index (χ0) is 22.3. The van der Waals surface area contributed by atoms with Crippen LogP contribution >= 0.6 is 0 Å². The Bertz CT molecular complexity index is 606. The molecule has 166 valence electrons. The van der Waals surface area contributed by atoms with Gasteiger partial charge < -0.3 is 26.4 Å². The Kier molecular flexibility index (Phi) is 9.55. The first kappa shape index (κ1) is 24.9. The molecular formula is C20H36N4O5. The highest BCUT2D eigenvalue weighted by atomic mass is 16.4. The minimum atomic E-state index is -1.03. The molecule has 0 radical (unpaired) electrons. The van der Waals surface area contributed by atoms with E-state index in [1.54, 1.807) is 0 Å². The third-order valence-corrected chi connectivity index (χ3v) is 4.90. The second-order valence-corrected chi connectivity index (χ2v) is 8.70. The number of aliphatic carboxylic acids is 1. The van der Waals surface area contributed by atoms with Gasteiger partial charge in [0.05, 0.1) is 6.04 Å². The van der Waals surface area contributed by atoms with Crippen LogP contribution in [0.25, 0.3) is 0 Å². The number of amides is 3. The second kappa shape index (κ2) is 11.1. The van der Waals surface area contributed by atoms with Crippen LogP contribution in [0.4, 0.5) is 0 Å². The molecule has 1 rings (SSSR count). The van der Waals surface area contributed by atoms with Crippen molar-refractivity contribution >= 4 is 23.7 Å². The van der Waals surface area contributed by atoms with Gasteiger partial charge in [0.25, 0.3) is 0 Å². The van der Waals surface area contributed by atoms with E-state index in [0.717, 1.165) is 0 Å². The summed E-state index contributed by atoms with van der Waals surface area (Å²) in [5.41, 5.74) is 5.60. The average molecular weight is 413 g/mol. The van der Waals surface area contributed by atoms with Gasteiger partial charge >= 0.3 is 5.97 Å². The predicted molar refractivity (Wildman–Crippen MR) is 109 cm³/mol. The summed E-state index contributed by atoms with van der Waals surface area (Å²) in [6.07, 6.45) is 1.80. The molecule has 9 nitrogen and oxygen atoms in total. The first-order valence-corrected chi connectivity index (χ1v) is 10.3. The fourth-order valence-electron chi connectivity index (χ4n) is 3.46. The number of carboxylic acid groups (broad SMARTS) is 1. The Hall–Kier alpha value is -2.16. The first-order chi connectivity index (χ1) is 13.4. The molecule has 4 atom stereocenters. The summed E-state index contributed by atoms with van der Waals surface area (Å²) in [4.78, 5) is 50.8. The summed E-state index contributed by atoms with van der Waals surface area (Å²) in [6, 6.07) is -3.28. The van der Waals surface area contributed by atoms with Crippen LogP contribution in [0.3, 0.4) is 0 Å². The van der Waals surface area contributed by atoms with Crippen LogP contribution in [-0.2, 0) is 19.2 Å². The van der Waals surface area contributed by atoms with E-state index in [0.29, 0.717) is 32.2 Å². The van der Waals surface area contributed by atoms with Crippen LogP contribution in [0.2, 0.25) is 0 Å². The Morgan fingerprint density at radius 3 is 1.97 bits per heavy atom. The maximum Gasteiger partial charge on any atom is 0.326 e. The largest absolute Gasteiger partial charge is 0.480 e. The van der Waals surface area contributed by atoms with Gasteiger partial charge in [0, 0.05) is 6.54 Å². The SMILES string of the molecule is CC(C)CC(NC(=O)C(C)N)C(=O)NC(CC(C)C)C(=O)N1CCCC1C(=O)O. The standard InChI is InChI=1S/C20H36N4O5/c1-11(2)9-14(22-17(25)13(5)21)18(26)23-15(10-12(3)4)19(27)24-8-6-7-16(24)20(28)29/h11-16H,6-10,21H2,1-5H3,(H,22,25)(H,23,26)(H,28,29). The lowest BCUT2D eigenvalue weighted by atomic mass is 9.99. The van der Waals surface area contributed by atoms with Gasteiger partial charge in [0.15, 0.2) is 0 Å². The lowest BCUT2D eigenvalue weighted by Gasteiger charge is -2.30. The molecule has 0 aromatic carbocycles.